The Morgan fingerprint density at radius 1 is 1.21 bits per heavy atom. The van der Waals surface area contributed by atoms with Crippen LogP contribution in [0.15, 0.2) is 47.1 Å². The number of hydrogen-bond acceptors (Lipinski definition) is 4. The molecule has 0 spiro atoms. The van der Waals surface area contributed by atoms with Gasteiger partial charge in [0.2, 0.25) is 0 Å². The molecule has 1 fully saturated rings. The molecular formula is C19H23BrN2O2. The zero-order valence-corrected chi connectivity index (χ0v) is 15.3. The Balaban J connectivity index is 1.60. The molecule has 2 N–H and O–H groups in total. The highest BCUT2D eigenvalue weighted by Crippen LogP contribution is 2.29. The van der Waals surface area contributed by atoms with Crippen molar-refractivity contribution in [3.63, 3.8) is 0 Å². The normalized spacial score (nSPS) is 16.2. The summed E-state index contributed by atoms with van der Waals surface area (Å²) in [4.78, 5) is 4.28. The molecular weight excluding hydrogens is 368 g/mol. The van der Waals surface area contributed by atoms with Crippen molar-refractivity contribution in [3.8, 4) is 5.75 Å². The highest BCUT2D eigenvalue weighted by molar-refractivity contribution is 9.10. The van der Waals surface area contributed by atoms with E-state index in [1.807, 2.05) is 30.3 Å². The van der Waals surface area contributed by atoms with Crippen LogP contribution in [0.5, 0.6) is 5.75 Å². The van der Waals surface area contributed by atoms with Crippen molar-refractivity contribution in [2.24, 2.45) is 0 Å². The van der Waals surface area contributed by atoms with E-state index in [2.05, 4.69) is 32.3 Å². The van der Waals surface area contributed by atoms with Crippen LogP contribution in [0.3, 0.4) is 0 Å². The molecule has 5 heteroatoms. The van der Waals surface area contributed by atoms with E-state index in [1.54, 1.807) is 6.20 Å². The van der Waals surface area contributed by atoms with E-state index < -0.39 is 5.60 Å². The van der Waals surface area contributed by atoms with Crippen LogP contribution in [-0.2, 0) is 13.2 Å². The van der Waals surface area contributed by atoms with E-state index in [0.29, 0.717) is 19.7 Å². The SMILES string of the molecule is OC1(CNCc2cc(Br)ccc2OCc2ccccn2)CCCC1. The van der Waals surface area contributed by atoms with Gasteiger partial charge in [0.05, 0.1) is 11.3 Å². The molecule has 4 nitrogen and oxygen atoms in total. The summed E-state index contributed by atoms with van der Waals surface area (Å²) in [6.07, 6.45) is 5.79. The van der Waals surface area contributed by atoms with Gasteiger partial charge in [-0.2, -0.15) is 0 Å². The lowest BCUT2D eigenvalue weighted by Crippen LogP contribution is -2.37. The van der Waals surface area contributed by atoms with Gasteiger partial charge in [-0.1, -0.05) is 34.8 Å². The van der Waals surface area contributed by atoms with Crippen molar-refractivity contribution in [3.05, 3.63) is 58.3 Å². The summed E-state index contributed by atoms with van der Waals surface area (Å²) in [6.45, 7) is 1.73. The number of hydrogen-bond donors (Lipinski definition) is 2. The average molecular weight is 391 g/mol. The number of aromatic nitrogens is 1. The lowest BCUT2D eigenvalue weighted by molar-refractivity contribution is 0.0474. The summed E-state index contributed by atoms with van der Waals surface area (Å²) in [5, 5.41) is 13.8. The minimum atomic E-state index is -0.541. The van der Waals surface area contributed by atoms with E-state index in [-0.39, 0.29) is 0 Å². The third kappa shape index (κ3) is 4.79. The van der Waals surface area contributed by atoms with Crippen LogP contribution < -0.4 is 10.1 Å². The van der Waals surface area contributed by atoms with Crippen LogP contribution in [0, 0.1) is 0 Å². The van der Waals surface area contributed by atoms with Gasteiger partial charge < -0.3 is 15.2 Å². The van der Waals surface area contributed by atoms with Crippen LogP contribution >= 0.6 is 15.9 Å². The Hall–Kier alpha value is -1.43. The zero-order valence-electron chi connectivity index (χ0n) is 13.7. The predicted molar refractivity (Wildman–Crippen MR) is 97.8 cm³/mol. The van der Waals surface area contributed by atoms with E-state index in [1.165, 1.54) is 0 Å². The largest absolute Gasteiger partial charge is 0.487 e. The molecule has 1 aliphatic carbocycles. The van der Waals surface area contributed by atoms with Crippen molar-refractivity contribution in [2.45, 2.75) is 44.4 Å². The number of aliphatic hydroxyl groups is 1. The third-order valence-electron chi connectivity index (χ3n) is 4.43. The molecule has 0 amide bonds. The van der Waals surface area contributed by atoms with E-state index in [4.69, 9.17) is 4.74 Å². The van der Waals surface area contributed by atoms with Crippen molar-refractivity contribution < 1.29 is 9.84 Å². The number of nitrogens with one attached hydrogen (secondary N) is 1. The Labute approximate surface area is 151 Å². The highest BCUT2D eigenvalue weighted by Gasteiger charge is 2.30. The smallest absolute Gasteiger partial charge is 0.130 e. The number of rotatable bonds is 7. The number of benzene rings is 1. The molecule has 1 aromatic heterocycles. The standard InChI is InChI=1S/C19H23BrN2O2/c20-16-6-7-18(24-13-17-5-1-4-10-22-17)15(11-16)12-21-14-19(23)8-2-3-9-19/h1,4-7,10-11,21,23H,2-3,8-9,12-14H2. The first-order chi connectivity index (χ1) is 11.6. The van der Waals surface area contributed by atoms with Crippen LogP contribution in [0.2, 0.25) is 0 Å². The fraction of sp³-hybridized carbons (Fsp3) is 0.421. The fourth-order valence-electron chi connectivity index (χ4n) is 3.10. The Morgan fingerprint density at radius 2 is 2.04 bits per heavy atom. The molecule has 0 bridgehead atoms. The van der Waals surface area contributed by atoms with Gasteiger partial charge in [0.15, 0.2) is 0 Å². The van der Waals surface area contributed by atoms with Gasteiger partial charge in [-0.25, -0.2) is 0 Å². The summed E-state index contributed by atoms with van der Waals surface area (Å²) in [6, 6.07) is 11.8. The van der Waals surface area contributed by atoms with E-state index >= 15 is 0 Å². The van der Waals surface area contributed by atoms with Crippen LogP contribution in [0.25, 0.3) is 0 Å². The first-order valence-corrected chi connectivity index (χ1v) is 9.18. The monoisotopic (exact) mass is 390 g/mol. The van der Waals surface area contributed by atoms with Gasteiger partial charge >= 0.3 is 0 Å². The molecule has 0 unspecified atom stereocenters. The van der Waals surface area contributed by atoms with Gasteiger partial charge in [-0.15, -0.1) is 0 Å². The third-order valence-corrected chi connectivity index (χ3v) is 4.92. The highest BCUT2D eigenvalue weighted by atomic mass is 79.9. The Kier molecular flexibility index (Phi) is 5.87. The van der Waals surface area contributed by atoms with Crippen LogP contribution in [0.1, 0.15) is 36.9 Å². The van der Waals surface area contributed by atoms with E-state index in [9.17, 15) is 5.11 Å². The molecule has 24 heavy (non-hydrogen) atoms. The summed E-state index contributed by atoms with van der Waals surface area (Å²) >= 11 is 3.52. The molecule has 1 aromatic carbocycles. The maximum atomic E-state index is 10.4. The van der Waals surface area contributed by atoms with Crippen LogP contribution in [0.4, 0.5) is 0 Å². The minimum Gasteiger partial charge on any atom is -0.487 e. The molecule has 2 aromatic rings. The van der Waals surface area contributed by atoms with Gasteiger partial charge in [0.1, 0.15) is 12.4 Å². The van der Waals surface area contributed by atoms with Gasteiger partial charge in [-0.3, -0.25) is 4.98 Å². The molecule has 1 heterocycles. The average Bonchev–Trinajstić information content (AvgIpc) is 3.02. The molecule has 3 rings (SSSR count). The quantitative estimate of drug-likeness (QED) is 0.754. The summed E-state index contributed by atoms with van der Waals surface area (Å²) < 4.78 is 6.96. The summed E-state index contributed by atoms with van der Waals surface area (Å²) in [7, 11) is 0. The van der Waals surface area contributed by atoms with Gasteiger partial charge in [-0.05, 0) is 43.2 Å². The number of halogens is 1. The molecule has 1 aliphatic rings. The summed E-state index contributed by atoms with van der Waals surface area (Å²) in [5.41, 5.74) is 1.43. The molecule has 128 valence electrons. The maximum Gasteiger partial charge on any atom is 0.130 e. The zero-order chi connectivity index (χ0) is 16.8. The number of ether oxygens (including phenoxy) is 1. The van der Waals surface area contributed by atoms with Gasteiger partial charge in [0.25, 0.3) is 0 Å². The second-order valence-corrected chi connectivity index (χ2v) is 7.31. The van der Waals surface area contributed by atoms with E-state index in [0.717, 1.165) is 47.2 Å². The molecule has 0 aliphatic heterocycles. The molecule has 0 atom stereocenters. The Morgan fingerprint density at radius 3 is 2.79 bits per heavy atom. The maximum absolute atomic E-state index is 10.4. The van der Waals surface area contributed by atoms with Crippen molar-refractivity contribution >= 4 is 15.9 Å². The summed E-state index contributed by atoms with van der Waals surface area (Å²) in [5.74, 6) is 0.842. The first kappa shape index (κ1) is 17.4. The molecule has 0 radical (unpaired) electrons. The predicted octanol–water partition coefficient (Wildman–Crippen LogP) is 3.82. The fourth-order valence-corrected chi connectivity index (χ4v) is 3.51. The minimum absolute atomic E-state index is 0.444. The number of pyridine rings is 1. The second kappa shape index (κ2) is 8.10. The van der Waals surface area contributed by atoms with Crippen molar-refractivity contribution in [2.75, 3.05) is 6.54 Å². The Bertz CT molecular complexity index is 658. The molecule has 1 saturated carbocycles. The first-order valence-electron chi connectivity index (χ1n) is 8.39. The lowest BCUT2D eigenvalue weighted by atomic mass is 10.0. The van der Waals surface area contributed by atoms with Gasteiger partial charge in [0, 0.05) is 29.3 Å². The molecule has 0 saturated heterocycles. The second-order valence-electron chi connectivity index (χ2n) is 6.40. The van der Waals surface area contributed by atoms with Crippen LogP contribution in [-0.4, -0.2) is 22.2 Å². The topological polar surface area (TPSA) is 54.4 Å². The number of nitrogens with zero attached hydrogens (tertiary/aromatic N) is 1. The lowest BCUT2D eigenvalue weighted by Gasteiger charge is -2.23. The van der Waals surface area contributed by atoms with Crippen molar-refractivity contribution in [1.29, 1.82) is 0 Å². The van der Waals surface area contributed by atoms with Crippen molar-refractivity contribution in [1.82, 2.24) is 10.3 Å².